The molecule has 9 heteroatoms. The van der Waals surface area contributed by atoms with Gasteiger partial charge in [-0.15, -0.1) is 0 Å². The van der Waals surface area contributed by atoms with Crippen molar-refractivity contribution >= 4 is 28.6 Å². The van der Waals surface area contributed by atoms with E-state index in [4.69, 9.17) is 11.5 Å². The molecule has 7 N–H and O–H groups in total. The van der Waals surface area contributed by atoms with Crippen LogP contribution in [0, 0.1) is 0 Å². The highest BCUT2D eigenvalue weighted by atomic mass is 16.5. The van der Waals surface area contributed by atoms with Crippen LogP contribution in [0.4, 0.5) is 17.5 Å². The highest BCUT2D eigenvalue weighted by Crippen LogP contribution is 2.17. The highest BCUT2D eigenvalue weighted by Gasteiger charge is 2.08. The number of hydrogen-bond donors (Lipinski definition) is 5. The number of nitrogens with zero attached hydrogens (tertiary/aromatic N) is 4. The molecule has 0 radical (unpaired) electrons. The molecule has 23 heavy (non-hydrogen) atoms. The second kappa shape index (κ2) is 5.99. The number of nitrogens with two attached hydrogens (primary N) is 2. The summed E-state index contributed by atoms with van der Waals surface area (Å²) < 4.78 is 0. The largest absolute Gasteiger partial charge is 0.382 e. The van der Waals surface area contributed by atoms with Crippen LogP contribution in [-0.2, 0) is 6.54 Å². The number of nitrogens with one attached hydrogen (secondary N) is 1. The van der Waals surface area contributed by atoms with Gasteiger partial charge in [0.1, 0.15) is 0 Å². The summed E-state index contributed by atoms with van der Waals surface area (Å²) in [6.45, 7) is 0.373. The topological polar surface area (TPSA) is 156 Å². The van der Waals surface area contributed by atoms with Gasteiger partial charge in [-0.05, 0) is 12.1 Å². The molecule has 9 nitrogen and oxygen atoms in total. The Balaban J connectivity index is 1.81. The summed E-state index contributed by atoms with van der Waals surface area (Å²) in [7, 11) is 0. The van der Waals surface area contributed by atoms with Gasteiger partial charge in [-0.25, -0.2) is 9.97 Å². The number of fused-ring (bicyclic) bond motifs is 1. The third-order valence-electron chi connectivity index (χ3n) is 3.16. The Morgan fingerprint density at radius 2 is 1.96 bits per heavy atom. The number of aliphatic hydroxyl groups excluding tert-OH is 1. The molecule has 0 atom stereocenters. The van der Waals surface area contributed by atoms with Crippen molar-refractivity contribution in [1.82, 2.24) is 19.9 Å². The zero-order valence-corrected chi connectivity index (χ0v) is 12.0. The van der Waals surface area contributed by atoms with E-state index in [-0.39, 0.29) is 11.8 Å². The van der Waals surface area contributed by atoms with Crippen LogP contribution < -0.4 is 16.8 Å². The molecule has 0 aliphatic heterocycles. The van der Waals surface area contributed by atoms with E-state index in [9.17, 15) is 10.2 Å². The molecule has 3 rings (SSSR count). The van der Waals surface area contributed by atoms with Crippen LogP contribution in [0.15, 0.2) is 30.5 Å². The first-order valence-electron chi connectivity index (χ1n) is 6.77. The van der Waals surface area contributed by atoms with Crippen LogP contribution in [0.3, 0.4) is 0 Å². The normalized spacial score (nSPS) is 11.1. The summed E-state index contributed by atoms with van der Waals surface area (Å²) in [6, 6.07) is 6.78. The molecule has 2 aromatic heterocycles. The van der Waals surface area contributed by atoms with Crippen molar-refractivity contribution in [3.63, 3.8) is 0 Å². The third-order valence-corrected chi connectivity index (χ3v) is 3.16. The Kier molecular flexibility index (Phi) is 3.87. The molecule has 0 unspecified atom stereocenters. The molecular formula is C14H15N7O2. The van der Waals surface area contributed by atoms with E-state index in [2.05, 4.69) is 25.3 Å². The third kappa shape index (κ3) is 3.25. The van der Waals surface area contributed by atoms with Crippen molar-refractivity contribution in [1.29, 1.82) is 0 Å². The molecule has 0 amide bonds. The summed E-state index contributed by atoms with van der Waals surface area (Å²) in [5.41, 5.74) is 13.8. The molecule has 0 aliphatic carbocycles. The van der Waals surface area contributed by atoms with E-state index in [1.54, 1.807) is 30.5 Å². The number of hydrogen-bond acceptors (Lipinski definition) is 9. The summed E-state index contributed by atoms with van der Waals surface area (Å²) in [4.78, 5) is 16.3. The van der Waals surface area contributed by atoms with Crippen molar-refractivity contribution in [3.05, 3.63) is 41.7 Å². The van der Waals surface area contributed by atoms with Crippen molar-refractivity contribution in [2.75, 3.05) is 16.8 Å². The Morgan fingerprint density at radius 3 is 2.74 bits per heavy atom. The van der Waals surface area contributed by atoms with Gasteiger partial charge in [-0.2, -0.15) is 9.97 Å². The number of aromatic nitrogens is 4. The molecule has 0 spiro atoms. The Bertz CT molecular complexity index is 854. The van der Waals surface area contributed by atoms with Gasteiger partial charge in [0, 0.05) is 11.3 Å². The predicted molar refractivity (Wildman–Crippen MR) is 84.9 cm³/mol. The molecule has 0 bridgehead atoms. The van der Waals surface area contributed by atoms with Gasteiger partial charge >= 0.3 is 0 Å². The van der Waals surface area contributed by atoms with Gasteiger partial charge in [0.2, 0.25) is 5.95 Å². The minimum Gasteiger partial charge on any atom is -0.382 e. The van der Waals surface area contributed by atoms with Gasteiger partial charge in [0.05, 0.1) is 18.4 Å². The highest BCUT2D eigenvalue weighted by molar-refractivity contribution is 5.81. The van der Waals surface area contributed by atoms with Crippen molar-refractivity contribution in [3.8, 4) is 0 Å². The van der Waals surface area contributed by atoms with E-state index < -0.39 is 6.29 Å². The summed E-state index contributed by atoms with van der Waals surface area (Å²) in [5, 5.41) is 21.5. The van der Waals surface area contributed by atoms with Gasteiger partial charge in [-0.3, -0.25) is 0 Å². The fraction of sp³-hybridized carbons (Fsp3) is 0.143. The smallest absolute Gasteiger partial charge is 0.224 e. The Morgan fingerprint density at radius 1 is 1.13 bits per heavy atom. The Hall–Kier alpha value is -3.04. The molecule has 0 saturated carbocycles. The predicted octanol–water partition coefficient (Wildman–Crippen LogP) is 0.179. The second-order valence-corrected chi connectivity index (χ2v) is 4.85. The molecular weight excluding hydrogens is 298 g/mol. The quantitative estimate of drug-likeness (QED) is 0.424. The number of anilines is 3. The van der Waals surface area contributed by atoms with Gasteiger partial charge in [0.25, 0.3) is 0 Å². The monoisotopic (exact) mass is 313 g/mol. The van der Waals surface area contributed by atoms with Crippen molar-refractivity contribution < 1.29 is 10.2 Å². The van der Waals surface area contributed by atoms with Crippen LogP contribution in [-0.4, -0.2) is 30.1 Å². The lowest BCUT2D eigenvalue weighted by molar-refractivity contribution is -0.0424. The van der Waals surface area contributed by atoms with Crippen molar-refractivity contribution in [2.45, 2.75) is 12.8 Å². The van der Waals surface area contributed by atoms with Crippen LogP contribution in [0.25, 0.3) is 11.2 Å². The molecule has 2 heterocycles. The molecule has 1 aromatic carbocycles. The van der Waals surface area contributed by atoms with E-state index in [0.717, 1.165) is 5.69 Å². The number of benzene rings is 1. The molecule has 0 aliphatic rings. The molecule has 118 valence electrons. The van der Waals surface area contributed by atoms with Crippen LogP contribution >= 0.6 is 0 Å². The van der Waals surface area contributed by atoms with Gasteiger partial charge in [-0.1, -0.05) is 12.1 Å². The maximum Gasteiger partial charge on any atom is 0.224 e. The average Bonchev–Trinajstić information content (AvgIpc) is 2.53. The minimum atomic E-state index is -1.51. The molecule has 0 fully saturated rings. The first-order chi connectivity index (χ1) is 11.0. The number of nitrogen functional groups attached to an aromatic ring is 2. The van der Waals surface area contributed by atoms with Gasteiger partial charge in [0.15, 0.2) is 23.3 Å². The first kappa shape index (κ1) is 14.9. The second-order valence-electron chi connectivity index (χ2n) is 4.85. The zero-order valence-electron chi connectivity index (χ0n) is 12.0. The molecule has 3 aromatic rings. The van der Waals surface area contributed by atoms with E-state index >= 15 is 0 Å². The lowest BCUT2D eigenvalue weighted by Gasteiger charge is -2.09. The van der Waals surface area contributed by atoms with E-state index in [1.165, 1.54) is 0 Å². The lowest BCUT2D eigenvalue weighted by Crippen LogP contribution is -2.07. The molecule has 0 saturated heterocycles. The zero-order chi connectivity index (χ0) is 16.4. The average molecular weight is 313 g/mol. The SMILES string of the molecule is Nc1nc(N)c2nc(CNc3cccc(C(O)O)c3)cnc2n1. The van der Waals surface area contributed by atoms with Crippen LogP contribution in [0.2, 0.25) is 0 Å². The summed E-state index contributed by atoms with van der Waals surface area (Å²) >= 11 is 0. The van der Waals surface area contributed by atoms with Crippen LogP contribution in [0.1, 0.15) is 17.5 Å². The van der Waals surface area contributed by atoms with E-state index in [1.807, 2.05) is 0 Å². The Labute approximate surface area is 131 Å². The minimum absolute atomic E-state index is 0.0505. The summed E-state index contributed by atoms with van der Waals surface area (Å²) in [5.74, 6) is 0.224. The number of rotatable bonds is 4. The van der Waals surface area contributed by atoms with Crippen LogP contribution in [0.5, 0.6) is 0 Å². The van der Waals surface area contributed by atoms with Gasteiger partial charge < -0.3 is 27.0 Å². The lowest BCUT2D eigenvalue weighted by atomic mass is 10.2. The standard InChI is InChI=1S/C14H15N7O2/c15-11-10-12(21-14(16)20-11)18-6-9(19-10)5-17-8-3-1-2-7(4-8)13(22)23/h1-4,6,13,17,22-23H,5H2,(H4,15,16,18,20,21). The maximum absolute atomic E-state index is 9.17. The van der Waals surface area contributed by atoms with E-state index in [0.29, 0.717) is 29.0 Å². The fourth-order valence-electron chi connectivity index (χ4n) is 2.07. The van der Waals surface area contributed by atoms with Crippen molar-refractivity contribution in [2.24, 2.45) is 0 Å². The summed E-state index contributed by atoms with van der Waals surface area (Å²) in [6.07, 6.45) is 0.0472. The fourth-order valence-corrected chi connectivity index (χ4v) is 2.07. The number of aliphatic hydroxyl groups is 2. The maximum atomic E-state index is 9.17. The first-order valence-corrected chi connectivity index (χ1v) is 6.77.